The number of carbonyl (C=O) groups excluding carboxylic acids is 1. The van der Waals surface area contributed by atoms with Crippen molar-refractivity contribution < 1.29 is 14.7 Å². The Kier molecular flexibility index (Phi) is 4.15. The molecule has 92 valence electrons. The van der Waals surface area contributed by atoms with E-state index >= 15 is 0 Å². The number of amides is 2. The lowest BCUT2D eigenvalue weighted by Gasteiger charge is -2.36. The van der Waals surface area contributed by atoms with E-state index in [1.807, 2.05) is 6.92 Å². The first-order valence-corrected chi connectivity index (χ1v) is 5.79. The molecular formula is C11H20N2O3. The summed E-state index contributed by atoms with van der Waals surface area (Å²) in [5.41, 5.74) is -1.07. The zero-order valence-corrected chi connectivity index (χ0v) is 9.88. The Morgan fingerprint density at radius 2 is 2.19 bits per heavy atom. The first-order chi connectivity index (χ1) is 7.50. The topological polar surface area (TPSA) is 78.4 Å². The van der Waals surface area contributed by atoms with Crippen molar-refractivity contribution in [3.8, 4) is 0 Å². The molecule has 1 saturated carbocycles. The lowest BCUT2D eigenvalue weighted by atomic mass is 9.76. The monoisotopic (exact) mass is 228 g/mol. The number of hydrogen-bond donors (Lipinski definition) is 3. The van der Waals surface area contributed by atoms with Crippen LogP contribution in [0.2, 0.25) is 0 Å². The summed E-state index contributed by atoms with van der Waals surface area (Å²) < 4.78 is 0. The molecule has 0 aliphatic heterocycles. The maximum absolute atomic E-state index is 11.4. The average molecular weight is 228 g/mol. The first-order valence-electron chi connectivity index (χ1n) is 5.79. The minimum atomic E-state index is -1.07. The Morgan fingerprint density at radius 3 is 2.69 bits per heavy atom. The molecule has 0 saturated heterocycles. The van der Waals surface area contributed by atoms with E-state index in [-0.39, 0.29) is 6.03 Å². The summed E-state index contributed by atoms with van der Waals surface area (Å²) in [5, 5.41) is 14.5. The van der Waals surface area contributed by atoms with Gasteiger partial charge in [-0.2, -0.15) is 0 Å². The molecule has 0 bridgehead atoms. The Bertz CT molecular complexity index is 280. The highest BCUT2D eigenvalue weighted by Crippen LogP contribution is 2.32. The highest BCUT2D eigenvalue weighted by Gasteiger charge is 2.43. The summed E-state index contributed by atoms with van der Waals surface area (Å²) in [7, 11) is 0. The van der Waals surface area contributed by atoms with Crippen LogP contribution in [0.25, 0.3) is 0 Å². The Hall–Kier alpha value is -1.26. The van der Waals surface area contributed by atoms with Gasteiger partial charge in [0, 0.05) is 6.54 Å². The third-order valence-electron chi connectivity index (χ3n) is 3.10. The SMILES string of the molecule is CCNC(=O)NC1(C(=O)O)CCCC(C)C1. The number of hydrogen-bond acceptors (Lipinski definition) is 2. The van der Waals surface area contributed by atoms with Gasteiger partial charge in [0.15, 0.2) is 0 Å². The molecule has 2 atom stereocenters. The predicted molar refractivity (Wildman–Crippen MR) is 60.2 cm³/mol. The van der Waals surface area contributed by atoms with Crippen molar-refractivity contribution in [2.75, 3.05) is 6.54 Å². The van der Waals surface area contributed by atoms with Crippen LogP contribution >= 0.6 is 0 Å². The largest absolute Gasteiger partial charge is 0.480 e. The maximum Gasteiger partial charge on any atom is 0.329 e. The van der Waals surface area contributed by atoms with E-state index < -0.39 is 11.5 Å². The lowest BCUT2D eigenvalue weighted by Crippen LogP contribution is -2.59. The number of carboxylic acids is 1. The number of urea groups is 1. The molecular weight excluding hydrogens is 208 g/mol. The number of rotatable bonds is 3. The van der Waals surface area contributed by atoms with E-state index in [1.165, 1.54) is 0 Å². The molecule has 16 heavy (non-hydrogen) atoms. The van der Waals surface area contributed by atoms with Gasteiger partial charge in [0.2, 0.25) is 0 Å². The van der Waals surface area contributed by atoms with Crippen molar-refractivity contribution in [3.05, 3.63) is 0 Å². The van der Waals surface area contributed by atoms with Gasteiger partial charge in [-0.1, -0.05) is 19.8 Å². The molecule has 5 heteroatoms. The van der Waals surface area contributed by atoms with Gasteiger partial charge in [-0.25, -0.2) is 9.59 Å². The number of nitrogens with one attached hydrogen (secondary N) is 2. The summed E-state index contributed by atoms with van der Waals surface area (Å²) >= 11 is 0. The number of carboxylic acid groups (broad SMARTS) is 1. The molecule has 2 amide bonds. The third kappa shape index (κ3) is 2.87. The fraction of sp³-hybridized carbons (Fsp3) is 0.818. The Morgan fingerprint density at radius 1 is 1.50 bits per heavy atom. The summed E-state index contributed by atoms with van der Waals surface area (Å²) in [5.74, 6) is -0.586. The second-order valence-corrected chi connectivity index (χ2v) is 4.57. The van der Waals surface area contributed by atoms with Gasteiger partial charge in [0.1, 0.15) is 5.54 Å². The summed E-state index contributed by atoms with van der Waals surface area (Å²) in [4.78, 5) is 22.8. The zero-order chi connectivity index (χ0) is 12.2. The van der Waals surface area contributed by atoms with Crippen LogP contribution in [0.1, 0.15) is 39.5 Å². The minimum Gasteiger partial charge on any atom is -0.480 e. The highest BCUT2D eigenvalue weighted by atomic mass is 16.4. The Labute approximate surface area is 95.6 Å². The van der Waals surface area contributed by atoms with Crippen molar-refractivity contribution >= 4 is 12.0 Å². The first kappa shape index (κ1) is 12.8. The van der Waals surface area contributed by atoms with Crippen LogP contribution in [-0.4, -0.2) is 29.2 Å². The molecule has 5 nitrogen and oxygen atoms in total. The quantitative estimate of drug-likeness (QED) is 0.682. The predicted octanol–water partition coefficient (Wildman–Crippen LogP) is 1.34. The molecule has 3 N–H and O–H groups in total. The van der Waals surface area contributed by atoms with Gasteiger partial charge in [-0.3, -0.25) is 0 Å². The van der Waals surface area contributed by atoms with Crippen LogP contribution < -0.4 is 10.6 Å². The van der Waals surface area contributed by atoms with Crippen molar-refractivity contribution in [1.82, 2.24) is 10.6 Å². The van der Waals surface area contributed by atoms with Gasteiger partial charge in [0.05, 0.1) is 0 Å². The van der Waals surface area contributed by atoms with Gasteiger partial charge < -0.3 is 15.7 Å². The fourth-order valence-electron chi connectivity index (χ4n) is 2.33. The van der Waals surface area contributed by atoms with Gasteiger partial charge in [-0.15, -0.1) is 0 Å². The van der Waals surface area contributed by atoms with Crippen LogP contribution in [0, 0.1) is 5.92 Å². The molecule has 1 aliphatic rings. The van der Waals surface area contributed by atoms with Gasteiger partial charge in [-0.05, 0) is 25.7 Å². The molecule has 1 rings (SSSR count). The van der Waals surface area contributed by atoms with E-state index in [9.17, 15) is 14.7 Å². The minimum absolute atomic E-state index is 0.340. The molecule has 0 spiro atoms. The van der Waals surface area contributed by atoms with E-state index in [4.69, 9.17) is 0 Å². The molecule has 1 fully saturated rings. The summed E-state index contributed by atoms with van der Waals surface area (Å²) in [6, 6.07) is -0.390. The lowest BCUT2D eigenvalue weighted by molar-refractivity contribution is -0.146. The van der Waals surface area contributed by atoms with Crippen LogP contribution in [0.4, 0.5) is 4.79 Å². The van der Waals surface area contributed by atoms with E-state index in [0.29, 0.717) is 25.3 Å². The molecule has 2 unspecified atom stereocenters. The second-order valence-electron chi connectivity index (χ2n) is 4.57. The third-order valence-corrected chi connectivity index (χ3v) is 3.10. The second kappa shape index (κ2) is 5.18. The summed E-state index contributed by atoms with van der Waals surface area (Å²) in [6.45, 7) is 4.32. The molecule has 0 aromatic heterocycles. The van der Waals surface area contributed by atoms with Crippen molar-refractivity contribution in [2.24, 2.45) is 5.92 Å². The summed E-state index contributed by atoms with van der Waals surface area (Å²) in [6.07, 6.45) is 2.91. The van der Waals surface area contributed by atoms with Gasteiger partial charge >= 0.3 is 12.0 Å². The fourth-order valence-corrected chi connectivity index (χ4v) is 2.33. The number of carbonyl (C=O) groups is 2. The van der Waals surface area contributed by atoms with Crippen LogP contribution in [0.15, 0.2) is 0 Å². The standard InChI is InChI=1S/C11H20N2O3/c1-3-12-10(16)13-11(9(14)15)6-4-5-8(2)7-11/h8H,3-7H2,1-2H3,(H,14,15)(H2,12,13,16). The molecule has 1 aliphatic carbocycles. The van der Waals surface area contributed by atoms with Crippen LogP contribution in [0.3, 0.4) is 0 Å². The van der Waals surface area contributed by atoms with Crippen molar-refractivity contribution in [3.63, 3.8) is 0 Å². The maximum atomic E-state index is 11.4. The van der Waals surface area contributed by atoms with E-state index in [1.54, 1.807) is 6.92 Å². The average Bonchev–Trinajstić information content (AvgIpc) is 2.17. The van der Waals surface area contributed by atoms with E-state index in [2.05, 4.69) is 10.6 Å². The van der Waals surface area contributed by atoms with Crippen molar-refractivity contribution in [2.45, 2.75) is 45.1 Å². The molecule has 0 radical (unpaired) electrons. The smallest absolute Gasteiger partial charge is 0.329 e. The van der Waals surface area contributed by atoms with E-state index in [0.717, 1.165) is 12.8 Å². The van der Waals surface area contributed by atoms with Crippen LogP contribution in [0.5, 0.6) is 0 Å². The number of aliphatic carboxylic acids is 1. The molecule has 0 heterocycles. The molecule has 0 aromatic carbocycles. The Balaban J connectivity index is 2.72. The van der Waals surface area contributed by atoms with Gasteiger partial charge in [0.25, 0.3) is 0 Å². The molecule has 0 aromatic rings. The van der Waals surface area contributed by atoms with Crippen LogP contribution in [-0.2, 0) is 4.79 Å². The zero-order valence-electron chi connectivity index (χ0n) is 9.88. The van der Waals surface area contributed by atoms with Crippen molar-refractivity contribution in [1.29, 1.82) is 0 Å². The normalized spacial score (nSPS) is 29.5. The highest BCUT2D eigenvalue weighted by molar-refractivity contribution is 5.86.